The number of benzene rings is 1. The van der Waals surface area contributed by atoms with E-state index in [-0.39, 0.29) is 0 Å². The van der Waals surface area contributed by atoms with Gasteiger partial charge in [0.25, 0.3) is 0 Å². The van der Waals surface area contributed by atoms with Crippen LogP contribution in [0.2, 0.25) is 0 Å². The number of piperazine rings is 1. The first kappa shape index (κ1) is 23.0. The number of fused-ring (bicyclic) bond motifs is 5. The van der Waals surface area contributed by atoms with E-state index in [0.29, 0.717) is 41.3 Å². The second-order valence-electron chi connectivity index (χ2n) is 11.5. The topological polar surface area (TPSA) is 75.7 Å². The summed E-state index contributed by atoms with van der Waals surface area (Å²) in [5.41, 5.74) is 4.34. The molecular formula is C29H40N4O2. The van der Waals surface area contributed by atoms with Crippen molar-refractivity contribution < 1.29 is 10.2 Å². The first-order valence-corrected chi connectivity index (χ1v) is 13.8. The molecule has 0 amide bonds. The minimum atomic E-state index is 0.359. The van der Waals surface area contributed by atoms with Gasteiger partial charge in [-0.1, -0.05) is 37.1 Å². The fourth-order valence-electron chi connectivity index (χ4n) is 7.61. The molecule has 1 aromatic carbocycles. The number of nitrogens with zero attached hydrogens (tertiary/aromatic N) is 3. The first-order valence-electron chi connectivity index (χ1n) is 13.8. The molecule has 1 aliphatic heterocycles. The molecule has 35 heavy (non-hydrogen) atoms. The van der Waals surface area contributed by atoms with Crippen molar-refractivity contribution in [2.45, 2.75) is 70.3 Å². The van der Waals surface area contributed by atoms with Crippen molar-refractivity contribution in [1.29, 1.82) is 5.41 Å². The first-order chi connectivity index (χ1) is 17.0. The van der Waals surface area contributed by atoms with Crippen LogP contribution in [-0.2, 0) is 6.54 Å². The van der Waals surface area contributed by atoms with Gasteiger partial charge in [-0.25, -0.2) is 0 Å². The zero-order valence-corrected chi connectivity index (χ0v) is 21.0. The Morgan fingerprint density at radius 1 is 0.857 bits per heavy atom. The van der Waals surface area contributed by atoms with E-state index in [0.717, 1.165) is 75.2 Å². The average Bonchev–Trinajstić information content (AvgIpc) is 3.56. The van der Waals surface area contributed by atoms with Crippen LogP contribution in [0.25, 0.3) is 0 Å². The van der Waals surface area contributed by atoms with Gasteiger partial charge in [0.1, 0.15) is 5.84 Å². The molecule has 6 heteroatoms. The summed E-state index contributed by atoms with van der Waals surface area (Å²) in [4.78, 5) is 4.81. The summed E-state index contributed by atoms with van der Waals surface area (Å²) in [6.45, 7) is 7.71. The van der Waals surface area contributed by atoms with Gasteiger partial charge in [0.15, 0.2) is 11.8 Å². The summed E-state index contributed by atoms with van der Waals surface area (Å²) in [6.07, 6.45) is 8.38. The van der Waals surface area contributed by atoms with Gasteiger partial charge in [0.2, 0.25) is 0 Å². The van der Waals surface area contributed by atoms with Crippen molar-refractivity contribution in [3.63, 3.8) is 0 Å². The van der Waals surface area contributed by atoms with Gasteiger partial charge in [-0.05, 0) is 68.3 Å². The minimum absolute atomic E-state index is 0.359. The molecule has 188 valence electrons. The molecule has 1 saturated heterocycles. The highest BCUT2D eigenvalue weighted by atomic mass is 16.3. The van der Waals surface area contributed by atoms with E-state index in [1.807, 2.05) is 16.7 Å². The smallest absolute Gasteiger partial charge is 0.197 e. The van der Waals surface area contributed by atoms with Crippen LogP contribution in [-0.4, -0.2) is 63.1 Å². The zero-order valence-electron chi connectivity index (χ0n) is 21.0. The fraction of sp³-hybridized carbons (Fsp3) is 0.621. The molecule has 2 saturated carbocycles. The fourth-order valence-corrected chi connectivity index (χ4v) is 7.61. The van der Waals surface area contributed by atoms with Crippen LogP contribution in [0.4, 0.5) is 0 Å². The number of aromatic nitrogens is 1. The molecule has 1 aromatic heterocycles. The van der Waals surface area contributed by atoms with Gasteiger partial charge >= 0.3 is 0 Å². The summed E-state index contributed by atoms with van der Waals surface area (Å²) in [5.74, 6) is 3.37. The quantitative estimate of drug-likeness (QED) is 0.418. The Balaban J connectivity index is 1.09. The molecule has 0 spiro atoms. The molecule has 2 bridgehead atoms. The Morgan fingerprint density at radius 3 is 2.09 bits per heavy atom. The third-order valence-electron chi connectivity index (χ3n) is 9.60. The minimum Gasteiger partial charge on any atom is -0.494 e. The van der Waals surface area contributed by atoms with Gasteiger partial charge in [-0.15, -0.1) is 0 Å². The lowest BCUT2D eigenvalue weighted by atomic mass is 9.78. The molecule has 4 aliphatic rings. The van der Waals surface area contributed by atoms with Crippen LogP contribution in [0.5, 0.6) is 11.8 Å². The highest BCUT2D eigenvalue weighted by Crippen LogP contribution is 2.60. The zero-order chi connectivity index (χ0) is 24.1. The number of amidine groups is 1. The van der Waals surface area contributed by atoms with Crippen LogP contribution in [0.1, 0.15) is 79.0 Å². The summed E-state index contributed by atoms with van der Waals surface area (Å²) >= 11 is 0. The van der Waals surface area contributed by atoms with Gasteiger partial charge in [-0.2, -0.15) is 0 Å². The van der Waals surface area contributed by atoms with Crippen LogP contribution >= 0.6 is 0 Å². The van der Waals surface area contributed by atoms with Crippen LogP contribution in [0.3, 0.4) is 0 Å². The summed E-state index contributed by atoms with van der Waals surface area (Å²) in [7, 11) is 0. The maximum atomic E-state index is 11.1. The lowest BCUT2D eigenvalue weighted by Crippen LogP contribution is -2.50. The van der Waals surface area contributed by atoms with E-state index in [4.69, 9.17) is 5.41 Å². The van der Waals surface area contributed by atoms with Crippen LogP contribution < -0.4 is 0 Å². The van der Waals surface area contributed by atoms with E-state index < -0.39 is 0 Å². The summed E-state index contributed by atoms with van der Waals surface area (Å²) < 4.78 is 1.86. The van der Waals surface area contributed by atoms with Gasteiger partial charge < -0.3 is 15.1 Å². The molecule has 6 nitrogen and oxygen atoms in total. The van der Waals surface area contributed by atoms with E-state index >= 15 is 0 Å². The number of hydrogen-bond acceptors (Lipinski definition) is 4. The van der Waals surface area contributed by atoms with Gasteiger partial charge in [0, 0.05) is 56.0 Å². The lowest BCUT2D eigenvalue weighted by Gasteiger charge is -2.40. The monoisotopic (exact) mass is 476 g/mol. The Bertz CT molecular complexity index is 1070. The van der Waals surface area contributed by atoms with E-state index in [1.54, 1.807) is 0 Å². The van der Waals surface area contributed by atoms with Crippen molar-refractivity contribution in [3.05, 3.63) is 46.5 Å². The molecule has 3 N–H and O–H groups in total. The molecule has 2 aromatic rings. The second kappa shape index (κ2) is 9.20. The van der Waals surface area contributed by atoms with E-state index in [2.05, 4.69) is 28.9 Å². The number of hydrogen-bond donors (Lipinski definition) is 3. The number of rotatable bonds is 5. The molecule has 6 rings (SSSR count). The summed E-state index contributed by atoms with van der Waals surface area (Å²) in [5, 5.41) is 30.8. The Labute approximate surface area is 209 Å². The number of nitrogens with one attached hydrogen (secondary N) is 1. The third-order valence-corrected chi connectivity index (χ3v) is 9.60. The number of aromatic hydroxyl groups is 2. The lowest BCUT2D eigenvalue weighted by molar-refractivity contribution is 0.107. The predicted octanol–water partition coefficient (Wildman–Crippen LogP) is 5.02. The van der Waals surface area contributed by atoms with Crippen molar-refractivity contribution in [2.75, 3.05) is 32.7 Å². The van der Waals surface area contributed by atoms with Crippen LogP contribution in [0.15, 0.2) is 24.3 Å². The SMILES string of the molecule is Cc1ccccc1C(=N)N1CCN(CC2CCCCC2Cn2c(O)c3c(c2O)C2CCC3C2)CC1. The number of aryl methyl sites for hydroxylation is 1. The highest BCUT2D eigenvalue weighted by molar-refractivity contribution is 5.97. The Kier molecular flexibility index (Phi) is 6.03. The predicted molar refractivity (Wildman–Crippen MR) is 139 cm³/mol. The van der Waals surface area contributed by atoms with E-state index in [9.17, 15) is 10.2 Å². The third kappa shape index (κ3) is 4.04. The normalized spacial score (nSPS) is 28.4. The molecule has 4 unspecified atom stereocenters. The molecule has 0 radical (unpaired) electrons. The van der Waals surface area contributed by atoms with Gasteiger partial charge in [0.05, 0.1) is 0 Å². The maximum absolute atomic E-state index is 11.1. The maximum Gasteiger partial charge on any atom is 0.197 e. The molecule has 3 aliphatic carbocycles. The average molecular weight is 477 g/mol. The Hall–Kier alpha value is -2.47. The Morgan fingerprint density at radius 2 is 1.46 bits per heavy atom. The standard InChI is InChI=1S/C29H40N4O2/c1-19-6-2-5-9-24(19)27(30)32-14-12-31(13-15-32)17-22-7-3-4-8-23(22)18-33-28(34)25-20-10-11-21(16-20)26(25)29(33)35/h2,5-6,9,20-23,30,34-35H,3-4,7-8,10-18H2,1H3. The molecule has 2 heterocycles. The van der Waals surface area contributed by atoms with E-state index in [1.165, 1.54) is 31.2 Å². The van der Waals surface area contributed by atoms with Crippen molar-refractivity contribution in [3.8, 4) is 11.8 Å². The van der Waals surface area contributed by atoms with Crippen LogP contribution in [0, 0.1) is 24.2 Å². The molecular weight excluding hydrogens is 436 g/mol. The van der Waals surface area contributed by atoms with Crippen molar-refractivity contribution >= 4 is 5.84 Å². The summed E-state index contributed by atoms with van der Waals surface area (Å²) in [6, 6.07) is 8.21. The van der Waals surface area contributed by atoms with Crippen molar-refractivity contribution in [2.24, 2.45) is 11.8 Å². The molecule has 4 atom stereocenters. The molecule has 3 fully saturated rings. The van der Waals surface area contributed by atoms with Crippen molar-refractivity contribution in [1.82, 2.24) is 14.4 Å². The highest BCUT2D eigenvalue weighted by Gasteiger charge is 2.44. The van der Waals surface area contributed by atoms with Gasteiger partial charge in [-0.3, -0.25) is 14.9 Å². The largest absolute Gasteiger partial charge is 0.494 e. The second-order valence-corrected chi connectivity index (χ2v) is 11.5.